The molecule has 0 aromatic carbocycles. The quantitative estimate of drug-likeness (QED) is 0.859. The number of nitrogens with zero attached hydrogens (tertiary/aromatic N) is 2. The predicted molar refractivity (Wildman–Crippen MR) is 80.9 cm³/mol. The van der Waals surface area contributed by atoms with E-state index in [9.17, 15) is 4.79 Å². The summed E-state index contributed by atoms with van der Waals surface area (Å²) in [7, 11) is 0. The normalized spacial score (nSPS) is 20.0. The number of hydrogen-bond acceptors (Lipinski definition) is 4. The van der Waals surface area contributed by atoms with Crippen LogP contribution < -0.4 is 5.32 Å². The molecular weight excluding hydrogens is 270 g/mol. The molecule has 0 spiro atoms. The topological polar surface area (TPSA) is 54.9 Å². The highest BCUT2D eigenvalue weighted by atomic mass is 32.1. The minimum atomic E-state index is 0.0966. The average molecular weight is 293 g/mol. The molecule has 0 radical (unpaired) electrons. The summed E-state index contributed by atoms with van der Waals surface area (Å²) in [5.74, 6) is 1.57. The van der Waals surface area contributed by atoms with Gasteiger partial charge in [0.2, 0.25) is 11.0 Å². The van der Waals surface area contributed by atoms with Crippen LogP contribution in [0.5, 0.6) is 0 Å². The van der Waals surface area contributed by atoms with Crippen molar-refractivity contribution in [2.75, 3.05) is 5.32 Å². The molecule has 1 amide bonds. The van der Waals surface area contributed by atoms with Gasteiger partial charge in [0, 0.05) is 12.3 Å². The highest BCUT2D eigenvalue weighted by Crippen LogP contribution is 2.42. The first-order valence-corrected chi connectivity index (χ1v) is 8.76. The summed E-state index contributed by atoms with van der Waals surface area (Å²) in [6, 6.07) is 0. The van der Waals surface area contributed by atoms with Crippen LogP contribution in [0.25, 0.3) is 0 Å². The van der Waals surface area contributed by atoms with Crippen molar-refractivity contribution in [2.45, 2.75) is 70.1 Å². The maximum Gasteiger partial charge on any atom is 0.226 e. The van der Waals surface area contributed by atoms with E-state index in [0.717, 1.165) is 17.3 Å². The summed E-state index contributed by atoms with van der Waals surface area (Å²) in [6.07, 6.45) is 12.2. The first-order valence-electron chi connectivity index (χ1n) is 7.94. The van der Waals surface area contributed by atoms with Gasteiger partial charge in [-0.2, -0.15) is 0 Å². The number of amides is 1. The highest BCUT2D eigenvalue weighted by Gasteiger charge is 2.27. The van der Waals surface area contributed by atoms with Gasteiger partial charge in [-0.25, -0.2) is 0 Å². The molecule has 0 atom stereocenters. The molecule has 3 rings (SSSR count). The van der Waals surface area contributed by atoms with Crippen molar-refractivity contribution in [3.05, 3.63) is 5.01 Å². The summed E-state index contributed by atoms with van der Waals surface area (Å²) >= 11 is 1.54. The zero-order valence-electron chi connectivity index (χ0n) is 11.9. The largest absolute Gasteiger partial charge is 0.301 e. The average Bonchev–Trinajstić information content (AvgIpc) is 3.21. The molecular formula is C15H23N3OS. The number of nitrogens with one attached hydrogen (secondary N) is 1. The smallest absolute Gasteiger partial charge is 0.226 e. The van der Waals surface area contributed by atoms with Gasteiger partial charge in [-0.1, -0.05) is 43.4 Å². The number of rotatable bonds is 6. The van der Waals surface area contributed by atoms with Gasteiger partial charge in [0.05, 0.1) is 0 Å². The highest BCUT2D eigenvalue weighted by molar-refractivity contribution is 7.15. The van der Waals surface area contributed by atoms with Crippen molar-refractivity contribution in [3.8, 4) is 0 Å². The monoisotopic (exact) mass is 293 g/mol. The molecule has 2 aliphatic carbocycles. The maximum absolute atomic E-state index is 11.9. The van der Waals surface area contributed by atoms with Crippen molar-refractivity contribution in [3.63, 3.8) is 0 Å². The SMILES string of the molecule is O=C(CCCC1CCCCC1)Nc1nnc(C2CC2)s1. The molecule has 5 heteroatoms. The van der Waals surface area contributed by atoms with E-state index in [4.69, 9.17) is 0 Å². The second-order valence-corrected chi connectivity index (χ2v) is 7.17. The third-order valence-corrected chi connectivity index (χ3v) is 5.36. The molecule has 20 heavy (non-hydrogen) atoms. The van der Waals surface area contributed by atoms with Crippen LogP contribution in [0.1, 0.15) is 75.1 Å². The molecule has 1 N–H and O–H groups in total. The Bertz CT molecular complexity index is 450. The second-order valence-electron chi connectivity index (χ2n) is 6.16. The van der Waals surface area contributed by atoms with E-state index in [1.54, 1.807) is 0 Å². The van der Waals surface area contributed by atoms with Gasteiger partial charge in [-0.3, -0.25) is 4.79 Å². The molecule has 1 heterocycles. The molecule has 0 unspecified atom stereocenters. The Hall–Kier alpha value is -0.970. The molecule has 2 aliphatic rings. The van der Waals surface area contributed by atoms with Crippen molar-refractivity contribution in [2.24, 2.45) is 5.92 Å². The maximum atomic E-state index is 11.9. The van der Waals surface area contributed by atoms with Crippen LogP contribution in [0.15, 0.2) is 0 Å². The fraction of sp³-hybridized carbons (Fsp3) is 0.800. The first kappa shape index (κ1) is 14.0. The van der Waals surface area contributed by atoms with E-state index >= 15 is 0 Å². The van der Waals surface area contributed by atoms with Crippen LogP contribution in [0.3, 0.4) is 0 Å². The molecule has 4 nitrogen and oxygen atoms in total. The van der Waals surface area contributed by atoms with Crippen LogP contribution in [-0.2, 0) is 4.79 Å². The molecule has 0 bridgehead atoms. The second kappa shape index (κ2) is 6.66. The van der Waals surface area contributed by atoms with Gasteiger partial charge < -0.3 is 5.32 Å². The van der Waals surface area contributed by atoms with Crippen LogP contribution >= 0.6 is 11.3 Å². The van der Waals surface area contributed by atoms with Crippen molar-refractivity contribution in [1.29, 1.82) is 0 Å². The van der Waals surface area contributed by atoms with Crippen molar-refractivity contribution < 1.29 is 4.79 Å². The Morgan fingerprint density at radius 3 is 2.70 bits per heavy atom. The summed E-state index contributed by atoms with van der Waals surface area (Å²) in [5, 5.41) is 12.8. The number of hydrogen-bond donors (Lipinski definition) is 1. The van der Waals surface area contributed by atoms with Crippen LogP contribution in [0, 0.1) is 5.92 Å². The van der Waals surface area contributed by atoms with Gasteiger partial charge >= 0.3 is 0 Å². The Morgan fingerprint density at radius 1 is 1.15 bits per heavy atom. The number of carbonyl (C=O) groups is 1. The zero-order valence-corrected chi connectivity index (χ0v) is 12.8. The Balaban J connectivity index is 1.35. The minimum absolute atomic E-state index is 0.0966. The summed E-state index contributed by atoms with van der Waals surface area (Å²) in [4.78, 5) is 11.9. The van der Waals surface area contributed by atoms with Gasteiger partial charge in [0.15, 0.2) is 0 Å². The molecule has 0 saturated heterocycles. The lowest BCUT2D eigenvalue weighted by molar-refractivity contribution is -0.116. The summed E-state index contributed by atoms with van der Waals surface area (Å²) < 4.78 is 0. The fourth-order valence-electron chi connectivity index (χ4n) is 2.99. The Labute approximate surface area is 124 Å². The Morgan fingerprint density at radius 2 is 1.95 bits per heavy atom. The standard InChI is InChI=1S/C15H23N3OS/c19-13(8-4-7-11-5-2-1-3-6-11)16-15-18-17-14(20-15)12-9-10-12/h11-12H,1-10H2,(H,16,18,19). The lowest BCUT2D eigenvalue weighted by atomic mass is 9.86. The molecule has 110 valence electrons. The molecule has 0 aliphatic heterocycles. The molecule has 1 aromatic rings. The summed E-state index contributed by atoms with van der Waals surface area (Å²) in [6.45, 7) is 0. The van der Waals surface area contributed by atoms with E-state index in [1.807, 2.05) is 0 Å². The molecule has 2 fully saturated rings. The number of aromatic nitrogens is 2. The van der Waals surface area contributed by atoms with Gasteiger partial charge in [-0.15, -0.1) is 10.2 Å². The van der Waals surface area contributed by atoms with Gasteiger partial charge in [0.1, 0.15) is 5.01 Å². The minimum Gasteiger partial charge on any atom is -0.301 e. The lowest BCUT2D eigenvalue weighted by Crippen LogP contribution is -2.12. The summed E-state index contributed by atoms with van der Waals surface area (Å²) in [5.41, 5.74) is 0. The Kier molecular flexibility index (Phi) is 4.65. The van der Waals surface area contributed by atoms with Crippen molar-refractivity contribution in [1.82, 2.24) is 10.2 Å². The zero-order chi connectivity index (χ0) is 13.8. The van der Waals surface area contributed by atoms with Crippen LogP contribution in [-0.4, -0.2) is 16.1 Å². The molecule has 2 saturated carbocycles. The van der Waals surface area contributed by atoms with E-state index in [2.05, 4.69) is 15.5 Å². The van der Waals surface area contributed by atoms with Crippen LogP contribution in [0.2, 0.25) is 0 Å². The van der Waals surface area contributed by atoms with E-state index in [-0.39, 0.29) is 5.91 Å². The van der Waals surface area contributed by atoms with Crippen LogP contribution in [0.4, 0.5) is 5.13 Å². The third-order valence-electron chi connectivity index (χ3n) is 4.35. The van der Waals surface area contributed by atoms with Gasteiger partial charge in [0.25, 0.3) is 0 Å². The fourth-order valence-corrected chi connectivity index (χ4v) is 3.92. The number of carbonyl (C=O) groups excluding carboxylic acids is 1. The van der Waals surface area contributed by atoms with E-state index < -0.39 is 0 Å². The third kappa shape index (κ3) is 4.01. The first-order chi connectivity index (χ1) is 9.81. The molecule has 1 aromatic heterocycles. The van der Waals surface area contributed by atoms with E-state index in [0.29, 0.717) is 17.5 Å². The van der Waals surface area contributed by atoms with E-state index in [1.165, 1.54) is 62.7 Å². The number of anilines is 1. The van der Waals surface area contributed by atoms with Crippen molar-refractivity contribution >= 4 is 22.4 Å². The predicted octanol–water partition coefficient (Wildman–Crippen LogP) is 4.10. The van der Waals surface area contributed by atoms with Gasteiger partial charge in [-0.05, 0) is 31.6 Å². The lowest BCUT2D eigenvalue weighted by Gasteiger charge is -2.20.